The van der Waals surface area contributed by atoms with E-state index in [-0.39, 0.29) is 18.0 Å². The van der Waals surface area contributed by atoms with Gasteiger partial charge in [-0.15, -0.1) is 11.6 Å². The van der Waals surface area contributed by atoms with Crippen molar-refractivity contribution in [3.63, 3.8) is 0 Å². The first-order valence-electron chi connectivity index (χ1n) is 3.16. The number of hydrogen-bond acceptors (Lipinski definition) is 4. The number of nitrogens with zero attached hydrogens (tertiary/aromatic N) is 1. The third-order valence-electron chi connectivity index (χ3n) is 0.949. The smallest absolute Gasteiger partial charge is 0.311 e. The van der Waals surface area contributed by atoms with E-state index in [0.717, 1.165) is 0 Å². The summed E-state index contributed by atoms with van der Waals surface area (Å²) in [6.07, 6.45) is -0.0478. The van der Waals surface area contributed by atoms with E-state index in [1.165, 1.54) is 0 Å². The Labute approximate surface area is 69.8 Å². The molecule has 0 radical (unpaired) electrons. The van der Waals surface area contributed by atoms with Gasteiger partial charge in [-0.2, -0.15) is 0 Å². The maximum Gasteiger partial charge on any atom is 0.311 e. The largest absolute Gasteiger partial charge is 0.466 e. The van der Waals surface area contributed by atoms with Crippen LogP contribution in [-0.2, 0) is 9.53 Å². The van der Waals surface area contributed by atoms with E-state index in [4.69, 9.17) is 16.8 Å². The van der Waals surface area contributed by atoms with Gasteiger partial charge in [0.1, 0.15) is 0 Å². The van der Waals surface area contributed by atoms with Gasteiger partial charge in [-0.1, -0.05) is 5.16 Å². The van der Waals surface area contributed by atoms with Crippen LogP contribution in [0.4, 0.5) is 0 Å². The molecule has 64 valence electrons. The summed E-state index contributed by atoms with van der Waals surface area (Å²) in [5.41, 5.74) is 0.213. The van der Waals surface area contributed by atoms with Crippen molar-refractivity contribution < 1.29 is 14.7 Å². The van der Waals surface area contributed by atoms with Crippen LogP contribution < -0.4 is 0 Å². The van der Waals surface area contributed by atoms with E-state index in [9.17, 15) is 4.79 Å². The Balaban J connectivity index is 3.73. The number of ether oxygens (including phenoxy) is 1. The average molecular weight is 180 g/mol. The van der Waals surface area contributed by atoms with Gasteiger partial charge in [0.05, 0.1) is 24.6 Å². The zero-order chi connectivity index (χ0) is 8.69. The summed E-state index contributed by atoms with van der Waals surface area (Å²) >= 11 is 5.31. The van der Waals surface area contributed by atoms with Crippen LogP contribution in [0.25, 0.3) is 0 Å². The lowest BCUT2D eigenvalue weighted by molar-refractivity contribution is -0.141. The standard InChI is InChI=1S/C6H10ClNO3/c1-2-11-6(9)3-5(4-7)8-10/h10H,2-4H2,1H3. The first-order chi connectivity index (χ1) is 5.24. The molecule has 0 aromatic heterocycles. The Hall–Kier alpha value is -0.770. The Morgan fingerprint density at radius 2 is 2.36 bits per heavy atom. The molecule has 0 aromatic rings. The van der Waals surface area contributed by atoms with Crippen LogP contribution in [0.5, 0.6) is 0 Å². The average Bonchev–Trinajstić information content (AvgIpc) is 2.01. The molecule has 0 saturated carbocycles. The van der Waals surface area contributed by atoms with E-state index in [0.29, 0.717) is 6.61 Å². The minimum absolute atomic E-state index is 0.0370. The summed E-state index contributed by atoms with van der Waals surface area (Å²) in [4.78, 5) is 10.7. The number of alkyl halides is 1. The molecule has 0 aliphatic carbocycles. The van der Waals surface area contributed by atoms with Gasteiger partial charge >= 0.3 is 5.97 Å². The Morgan fingerprint density at radius 3 is 2.73 bits per heavy atom. The lowest BCUT2D eigenvalue weighted by Crippen LogP contribution is -2.12. The molecule has 1 N–H and O–H groups in total. The van der Waals surface area contributed by atoms with Crippen molar-refractivity contribution in [2.45, 2.75) is 13.3 Å². The highest BCUT2D eigenvalue weighted by Crippen LogP contribution is 1.93. The van der Waals surface area contributed by atoms with Crippen molar-refractivity contribution in [2.75, 3.05) is 12.5 Å². The first-order valence-corrected chi connectivity index (χ1v) is 3.69. The second-order valence-electron chi connectivity index (χ2n) is 1.78. The number of oxime groups is 1. The molecule has 4 nitrogen and oxygen atoms in total. The number of carbonyl (C=O) groups is 1. The molecule has 11 heavy (non-hydrogen) atoms. The predicted molar refractivity (Wildman–Crippen MR) is 41.2 cm³/mol. The highest BCUT2D eigenvalue weighted by Gasteiger charge is 2.06. The topological polar surface area (TPSA) is 58.9 Å². The second-order valence-corrected chi connectivity index (χ2v) is 2.05. The van der Waals surface area contributed by atoms with Crippen LogP contribution >= 0.6 is 11.6 Å². The summed E-state index contributed by atoms with van der Waals surface area (Å²) < 4.78 is 4.59. The van der Waals surface area contributed by atoms with Gasteiger partial charge in [0.15, 0.2) is 0 Å². The number of halogens is 1. The van der Waals surface area contributed by atoms with Crippen molar-refractivity contribution in [1.82, 2.24) is 0 Å². The van der Waals surface area contributed by atoms with Crippen molar-refractivity contribution in [3.05, 3.63) is 0 Å². The molecule has 0 rings (SSSR count). The molecule has 5 heteroatoms. The highest BCUT2D eigenvalue weighted by molar-refractivity contribution is 6.29. The van der Waals surface area contributed by atoms with Gasteiger partial charge in [0.25, 0.3) is 0 Å². The zero-order valence-electron chi connectivity index (χ0n) is 6.21. The molecule has 0 aliphatic rings. The molecular formula is C6H10ClNO3. The van der Waals surface area contributed by atoms with Crippen molar-refractivity contribution in [3.8, 4) is 0 Å². The molecule has 0 fully saturated rings. The minimum Gasteiger partial charge on any atom is -0.466 e. The fourth-order valence-corrected chi connectivity index (χ4v) is 0.636. The van der Waals surface area contributed by atoms with Crippen LogP contribution in [0.1, 0.15) is 13.3 Å². The quantitative estimate of drug-likeness (QED) is 0.230. The predicted octanol–water partition coefficient (Wildman–Crippen LogP) is 1.01. The van der Waals surface area contributed by atoms with Crippen LogP contribution in [0.15, 0.2) is 5.16 Å². The molecule has 0 saturated heterocycles. The van der Waals surface area contributed by atoms with Crippen molar-refractivity contribution in [2.24, 2.45) is 5.16 Å². The normalized spacial score (nSPS) is 11.3. The van der Waals surface area contributed by atoms with Gasteiger partial charge in [-0.05, 0) is 6.92 Å². The van der Waals surface area contributed by atoms with E-state index in [1.54, 1.807) is 6.92 Å². The molecule has 0 aliphatic heterocycles. The molecular weight excluding hydrogens is 170 g/mol. The number of hydrogen-bond donors (Lipinski definition) is 1. The Kier molecular flexibility index (Phi) is 5.56. The van der Waals surface area contributed by atoms with E-state index < -0.39 is 5.97 Å². The fraction of sp³-hybridized carbons (Fsp3) is 0.667. The maximum absolute atomic E-state index is 10.7. The lowest BCUT2D eigenvalue weighted by Gasteiger charge is -1.99. The lowest BCUT2D eigenvalue weighted by atomic mass is 10.3. The summed E-state index contributed by atoms with van der Waals surface area (Å²) in [7, 11) is 0. The molecule has 0 aromatic carbocycles. The van der Waals surface area contributed by atoms with Crippen molar-refractivity contribution in [1.29, 1.82) is 0 Å². The van der Waals surface area contributed by atoms with E-state index in [2.05, 4.69) is 9.89 Å². The summed E-state index contributed by atoms with van der Waals surface area (Å²) in [6, 6.07) is 0. The molecule has 0 amide bonds. The number of esters is 1. The van der Waals surface area contributed by atoms with Gasteiger partial charge in [0.2, 0.25) is 0 Å². The van der Waals surface area contributed by atoms with Gasteiger partial charge in [-0.3, -0.25) is 4.79 Å². The van der Waals surface area contributed by atoms with Crippen LogP contribution in [-0.4, -0.2) is 29.4 Å². The second kappa shape index (κ2) is 5.97. The van der Waals surface area contributed by atoms with Crippen LogP contribution in [0.3, 0.4) is 0 Å². The zero-order valence-corrected chi connectivity index (χ0v) is 6.97. The Morgan fingerprint density at radius 1 is 1.73 bits per heavy atom. The Bertz CT molecular complexity index is 158. The van der Waals surface area contributed by atoms with Gasteiger partial charge < -0.3 is 9.94 Å². The molecule has 0 heterocycles. The first kappa shape index (κ1) is 10.2. The molecule has 0 atom stereocenters. The van der Waals surface area contributed by atoms with Crippen LogP contribution in [0.2, 0.25) is 0 Å². The third kappa shape index (κ3) is 4.61. The molecule has 0 unspecified atom stereocenters. The maximum atomic E-state index is 10.7. The van der Waals surface area contributed by atoms with Gasteiger partial charge in [-0.25, -0.2) is 0 Å². The SMILES string of the molecule is CCOC(=O)CC(CCl)=NO. The summed E-state index contributed by atoms with van der Waals surface area (Å²) in [6.45, 7) is 2.02. The number of carbonyl (C=O) groups excluding carboxylic acids is 1. The molecule has 0 bridgehead atoms. The van der Waals surface area contributed by atoms with Crippen LogP contribution in [0, 0.1) is 0 Å². The van der Waals surface area contributed by atoms with E-state index in [1.807, 2.05) is 0 Å². The molecule has 0 spiro atoms. The van der Waals surface area contributed by atoms with Crippen molar-refractivity contribution >= 4 is 23.3 Å². The fourth-order valence-electron chi connectivity index (χ4n) is 0.488. The monoisotopic (exact) mass is 179 g/mol. The highest BCUT2D eigenvalue weighted by atomic mass is 35.5. The minimum atomic E-state index is -0.430. The third-order valence-corrected chi connectivity index (χ3v) is 1.26. The van der Waals surface area contributed by atoms with Gasteiger partial charge in [0, 0.05) is 0 Å². The summed E-state index contributed by atoms with van der Waals surface area (Å²) in [5.74, 6) is -0.393. The summed E-state index contributed by atoms with van der Waals surface area (Å²) in [5, 5.41) is 11.1. The number of rotatable bonds is 4. The van der Waals surface area contributed by atoms with E-state index >= 15 is 0 Å².